The first-order valence-corrected chi connectivity index (χ1v) is 12.7. The SMILES string of the molecule is COC(=O)c1cc(-c2ccnc3c2ccn3S(=O)(=O)c2ccccc2)[nH]c1-c1ccc(C)cc1C(F)(F)F. The van der Waals surface area contributed by atoms with Crippen LogP contribution in [0.15, 0.2) is 84.0 Å². The number of esters is 1. The zero-order chi connectivity index (χ0) is 27.2. The van der Waals surface area contributed by atoms with Crippen molar-refractivity contribution in [1.29, 1.82) is 0 Å². The van der Waals surface area contributed by atoms with Gasteiger partial charge in [0.25, 0.3) is 10.0 Å². The molecule has 0 atom stereocenters. The number of methoxy groups -OCH3 is 1. The Labute approximate surface area is 215 Å². The molecule has 5 rings (SSSR count). The van der Waals surface area contributed by atoms with Gasteiger partial charge in [0.15, 0.2) is 5.65 Å². The van der Waals surface area contributed by atoms with E-state index in [2.05, 4.69) is 9.97 Å². The topological polar surface area (TPSA) is 94.0 Å². The minimum atomic E-state index is -4.67. The van der Waals surface area contributed by atoms with Crippen LogP contribution in [0.5, 0.6) is 0 Å². The maximum Gasteiger partial charge on any atom is 0.417 e. The Bertz CT molecular complexity index is 1790. The van der Waals surface area contributed by atoms with E-state index in [-0.39, 0.29) is 33.1 Å². The van der Waals surface area contributed by atoms with Crippen LogP contribution in [-0.4, -0.2) is 35.4 Å². The number of fused-ring (bicyclic) bond motifs is 1. The third-order valence-corrected chi connectivity index (χ3v) is 7.80. The highest BCUT2D eigenvalue weighted by Gasteiger charge is 2.35. The van der Waals surface area contributed by atoms with Gasteiger partial charge in [0.2, 0.25) is 0 Å². The molecule has 0 bridgehead atoms. The lowest BCUT2D eigenvalue weighted by Gasteiger charge is -2.14. The molecule has 0 radical (unpaired) electrons. The van der Waals surface area contributed by atoms with Crippen LogP contribution in [0.3, 0.4) is 0 Å². The van der Waals surface area contributed by atoms with Crippen molar-refractivity contribution in [3.05, 3.63) is 95.8 Å². The smallest absolute Gasteiger partial charge is 0.417 e. The van der Waals surface area contributed by atoms with Crippen LogP contribution < -0.4 is 0 Å². The average Bonchev–Trinajstić information content (AvgIpc) is 3.53. The first kappa shape index (κ1) is 25.3. The number of pyridine rings is 1. The van der Waals surface area contributed by atoms with E-state index in [1.807, 2.05) is 0 Å². The lowest BCUT2D eigenvalue weighted by atomic mass is 9.99. The molecule has 38 heavy (non-hydrogen) atoms. The third kappa shape index (κ3) is 4.24. The molecule has 3 heterocycles. The molecule has 0 aliphatic rings. The van der Waals surface area contributed by atoms with Crippen LogP contribution in [0.4, 0.5) is 13.2 Å². The Morgan fingerprint density at radius 2 is 1.74 bits per heavy atom. The number of aromatic nitrogens is 3. The number of hydrogen-bond acceptors (Lipinski definition) is 5. The molecule has 11 heteroatoms. The summed E-state index contributed by atoms with van der Waals surface area (Å²) in [5.74, 6) is -0.828. The van der Waals surface area contributed by atoms with Gasteiger partial charge < -0.3 is 9.72 Å². The molecule has 0 spiro atoms. The van der Waals surface area contributed by atoms with Crippen LogP contribution in [0.2, 0.25) is 0 Å². The predicted octanol–water partition coefficient (Wildman–Crippen LogP) is 6.05. The van der Waals surface area contributed by atoms with E-state index in [4.69, 9.17) is 4.74 Å². The molecule has 0 aliphatic carbocycles. The summed E-state index contributed by atoms with van der Waals surface area (Å²) in [4.78, 5) is 19.9. The highest BCUT2D eigenvalue weighted by Crippen LogP contribution is 2.40. The van der Waals surface area contributed by atoms with E-state index >= 15 is 0 Å². The number of benzene rings is 2. The van der Waals surface area contributed by atoms with E-state index in [1.54, 1.807) is 37.3 Å². The largest absolute Gasteiger partial charge is 0.465 e. The summed E-state index contributed by atoms with van der Waals surface area (Å²) >= 11 is 0. The fourth-order valence-electron chi connectivity index (χ4n) is 4.34. The molecule has 0 aliphatic heterocycles. The number of aryl methyl sites for hydroxylation is 1. The molecular weight excluding hydrogens is 519 g/mol. The van der Waals surface area contributed by atoms with E-state index < -0.39 is 27.7 Å². The molecule has 1 N–H and O–H groups in total. The first-order valence-electron chi connectivity index (χ1n) is 11.3. The van der Waals surface area contributed by atoms with Crippen molar-refractivity contribution in [2.45, 2.75) is 18.0 Å². The molecule has 0 fully saturated rings. The third-order valence-electron chi connectivity index (χ3n) is 6.12. The van der Waals surface area contributed by atoms with Crippen LogP contribution in [-0.2, 0) is 20.9 Å². The number of hydrogen-bond donors (Lipinski definition) is 1. The second-order valence-electron chi connectivity index (χ2n) is 8.54. The minimum absolute atomic E-state index is 0.0684. The van der Waals surface area contributed by atoms with Crippen molar-refractivity contribution in [1.82, 2.24) is 13.9 Å². The summed E-state index contributed by atoms with van der Waals surface area (Å²) in [6.07, 6.45) is -1.93. The maximum absolute atomic E-state index is 13.9. The summed E-state index contributed by atoms with van der Waals surface area (Å²) in [6, 6.07) is 16.2. The summed E-state index contributed by atoms with van der Waals surface area (Å²) in [5, 5.41) is 0.413. The Morgan fingerprint density at radius 3 is 2.42 bits per heavy atom. The number of nitrogens with one attached hydrogen (secondary N) is 1. The van der Waals surface area contributed by atoms with Crippen LogP contribution in [0.1, 0.15) is 21.5 Å². The molecular formula is C27H20F3N3O4S. The van der Waals surface area contributed by atoms with Crippen molar-refractivity contribution >= 4 is 27.0 Å². The zero-order valence-corrected chi connectivity index (χ0v) is 20.9. The number of halogens is 3. The van der Waals surface area contributed by atoms with Gasteiger partial charge >= 0.3 is 12.1 Å². The van der Waals surface area contributed by atoms with Gasteiger partial charge in [0, 0.05) is 34.6 Å². The Kier molecular flexibility index (Phi) is 6.10. The fraction of sp³-hybridized carbons (Fsp3) is 0.111. The molecule has 194 valence electrons. The van der Waals surface area contributed by atoms with E-state index in [9.17, 15) is 26.4 Å². The maximum atomic E-state index is 13.9. The number of carbonyl (C=O) groups is 1. The van der Waals surface area contributed by atoms with Gasteiger partial charge in [0.1, 0.15) is 0 Å². The quantitative estimate of drug-likeness (QED) is 0.275. The Balaban J connectivity index is 1.71. The number of carbonyl (C=O) groups excluding carboxylic acids is 1. The molecule has 0 saturated heterocycles. The lowest BCUT2D eigenvalue weighted by molar-refractivity contribution is -0.137. The summed E-state index contributed by atoms with van der Waals surface area (Å²) < 4.78 is 74.1. The highest BCUT2D eigenvalue weighted by atomic mass is 32.2. The molecule has 0 unspecified atom stereocenters. The van der Waals surface area contributed by atoms with Crippen LogP contribution in [0.25, 0.3) is 33.5 Å². The first-order chi connectivity index (χ1) is 18.0. The van der Waals surface area contributed by atoms with Crippen molar-refractivity contribution in [2.75, 3.05) is 7.11 Å². The fourth-order valence-corrected chi connectivity index (χ4v) is 5.67. The summed E-state index contributed by atoms with van der Waals surface area (Å²) in [7, 11) is -2.83. The monoisotopic (exact) mass is 539 g/mol. The van der Waals surface area contributed by atoms with Gasteiger partial charge in [0.05, 0.1) is 28.8 Å². The van der Waals surface area contributed by atoms with Gasteiger partial charge in [-0.1, -0.05) is 35.9 Å². The van der Waals surface area contributed by atoms with E-state index in [0.29, 0.717) is 16.5 Å². The number of alkyl halides is 3. The predicted molar refractivity (Wildman–Crippen MR) is 135 cm³/mol. The van der Waals surface area contributed by atoms with Gasteiger partial charge in [-0.05, 0) is 43.3 Å². The number of nitrogens with zero attached hydrogens (tertiary/aromatic N) is 2. The van der Waals surface area contributed by atoms with Crippen molar-refractivity contribution in [3.8, 4) is 22.5 Å². The molecule has 0 saturated carbocycles. The van der Waals surface area contributed by atoms with Gasteiger partial charge in [-0.3, -0.25) is 0 Å². The Morgan fingerprint density at radius 1 is 1.00 bits per heavy atom. The van der Waals surface area contributed by atoms with E-state index in [1.165, 1.54) is 42.7 Å². The number of ether oxygens (including phenoxy) is 1. The average molecular weight is 540 g/mol. The molecule has 7 nitrogen and oxygen atoms in total. The number of rotatable bonds is 5. The highest BCUT2D eigenvalue weighted by molar-refractivity contribution is 7.90. The normalized spacial score (nSPS) is 12.1. The van der Waals surface area contributed by atoms with Gasteiger partial charge in [-0.25, -0.2) is 22.2 Å². The molecule has 3 aromatic heterocycles. The zero-order valence-electron chi connectivity index (χ0n) is 20.1. The van der Waals surface area contributed by atoms with Gasteiger partial charge in [-0.2, -0.15) is 13.2 Å². The lowest BCUT2D eigenvalue weighted by Crippen LogP contribution is -2.12. The van der Waals surface area contributed by atoms with Crippen molar-refractivity contribution in [2.24, 2.45) is 0 Å². The number of aromatic amines is 1. The standard InChI is InChI=1S/C27H20F3N3O4S/c1-16-8-9-20(22(14-16)27(28,29)30)24-21(26(34)37-2)15-23(32-24)18-10-12-31-25-19(18)11-13-33(25)38(35,36)17-6-4-3-5-7-17/h3-15,32H,1-2H3. The number of H-pyrrole nitrogens is 1. The van der Waals surface area contributed by atoms with Crippen molar-refractivity contribution in [3.63, 3.8) is 0 Å². The summed E-state index contributed by atoms with van der Waals surface area (Å²) in [5.41, 5.74) is -0.0397. The minimum Gasteiger partial charge on any atom is -0.465 e. The Hall–Kier alpha value is -4.38. The molecule has 0 amide bonds. The molecule has 2 aromatic carbocycles. The molecule has 5 aromatic rings. The van der Waals surface area contributed by atoms with Crippen LogP contribution >= 0.6 is 0 Å². The summed E-state index contributed by atoms with van der Waals surface area (Å²) in [6.45, 7) is 1.54. The van der Waals surface area contributed by atoms with Crippen LogP contribution in [0, 0.1) is 6.92 Å². The second-order valence-corrected chi connectivity index (χ2v) is 10.4. The van der Waals surface area contributed by atoms with Gasteiger partial charge in [-0.15, -0.1) is 0 Å². The van der Waals surface area contributed by atoms with E-state index in [0.717, 1.165) is 17.1 Å². The second kappa shape index (κ2) is 9.18. The van der Waals surface area contributed by atoms with Crippen molar-refractivity contribution < 1.29 is 31.1 Å².